The lowest BCUT2D eigenvalue weighted by atomic mass is 10.1. The minimum atomic E-state index is 0.867. The molecular formula is C16H22N4S. The standard InChI is InChI=1S/C16H22N4S/c1-13-10-18-7-4-15(13)5-8-19-16(17-2)20(3)11-14-6-9-21-12-14/h4,6-7,9-10,12H,5,8,11H2,1-3H3,(H,17,19). The van der Waals surface area contributed by atoms with Gasteiger partial charge in [0.2, 0.25) is 0 Å². The van der Waals surface area contributed by atoms with Crippen molar-refractivity contribution in [2.45, 2.75) is 19.9 Å². The van der Waals surface area contributed by atoms with Crippen LogP contribution in [-0.2, 0) is 13.0 Å². The molecule has 2 heterocycles. The molecule has 0 saturated heterocycles. The van der Waals surface area contributed by atoms with Crippen LogP contribution >= 0.6 is 11.3 Å². The Labute approximate surface area is 130 Å². The van der Waals surface area contributed by atoms with Crippen molar-refractivity contribution < 1.29 is 0 Å². The van der Waals surface area contributed by atoms with Crippen molar-refractivity contribution in [1.82, 2.24) is 15.2 Å². The van der Waals surface area contributed by atoms with Gasteiger partial charge in [-0.2, -0.15) is 11.3 Å². The molecule has 0 bridgehead atoms. The van der Waals surface area contributed by atoms with Gasteiger partial charge in [-0.05, 0) is 52.9 Å². The number of hydrogen-bond donors (Lipinski definition) is 1. The number of nitrogens with one attached hydrogen (secondary N) is 1. The molecule has 112 valence electrons. The Hall–Kier alpha value is -1.88. The fourth-order valence-corrected chi connectivity index (χ4v) is 2.87. The van der Waals surface area contributed by atoms with E-state index in [1.807, 2.05) is 19.4 Å². The summed E-state index contributed by atoms with van der Waals surface area (Å²) in [6.07, 6.45) is 4.73. The highest BCUT2D eigenvalue weighted by Gasteiger charge is 2.06. The van der Waals surface area contributed by atoms with Gasteiger partial charge >= 0.3 is 0 Å². The third-order valence-corrected chi connectivity index (χ3v) is 4.12. The molecule has 0 fully saturated rings. The monoisotopic (exact) mass is 302 g/mol. The predicted molar refractivity (Wildman–Crippen MR) is 89.8 cm³/mol. The van der Waals surface area contributed by atoms with Crippen LogP contribution in [0.2, 0.25) is 0 Å². The molecule has 0 spiro atoms. The molecule has 0 aliphatic rings. The summed E-state index contributed by atoms with van der Waals surface area (Å²) in [4.78, 5) is 10.6. The average Bonchev–Trinajstić information content (AvgIpc) is 2.98. The van der Waals surface area contributed by atoms with Crippen LogP contribution in [0.25, 0.3) is 0 Å². The largest absolute Gasteiger partial charge is 0.356 e. The van der Waals surface area contributed by atoms with E-state index in [9.17, 15) is 0 Å². The molecule has 0 amide bonds. The number of aromatic nitrogens is 1. The first-order chi connectivity index (χ1) is 10.2. The molecule has 1 N–H and O–H groups in total. The summed E-state index contributed by atoms with van der Waals surface area (Å²) < 4.78 is 0. The van der Waals surface area contributed by atoms with Crippen LogP contribution in [-0.4, -0.2) is 36.5 Å². The van der Waals surface area contributed by atoms with Crippen LogP contribution in [0.15, 0.2) is 40.3 Å². The van der Waals surface area contributed by atoms with E-state index in [0.717, 1.165) is 25.5 Å². The first-order valence-corrected chi connectivity index (χ1v) is 7.97. The van der Waals surface area contributed by atoms with Crippen LogP contribution < -0.4 is 5.32 Å². The molecule has 5 heteroatoms. The molecule has 0 atom stereocenters. The van der Waals surface area contributed by atoms with E-state index in [4.69, 9.17) is 0 Å². The summed E-state index contributed by atoms with van der Waals surface area (Å²) in [5.74, 6) is 0.924. The van der Waals surface area contributed by atoms with E-state index in [2.05, 4.69) is 57.1 Å². The fourth-order valence-electron chi connectivity index (χ4n) is 2.21. The van der Waals surface area contributed by atoms with Gasteiger partial charge in [-0.25, -0.2) is 0 Å². The van der Waals surface area contributed by atoms with Gasteiger partial charge in [-0.3, -0.25) is 9.98 Å². The molecule has 0 radical (unpaired) electrons. The molecule has 2 aromatic heterocycles. The number of aryl methyl sites for hydroxylation is 1. The van der Waals surface area contributed by atoms with Gasteiger partial charge in [0.25, 0.3) is 0 Å². The first kappa shape index (κ1) is 15.5. The van der Waals surface area contributed by atoms with Crippen molar-refractivity contribution in [3.8, 4) is 0 Å². The SMILES string of the molecule is CN=C(NCCc1ccncc1C)N(C)Cc1ccsc1. The summed E-state index contributed by atoms with van der Waals surface area (Å²) in [5.41, 5.74) is 3.88. The van der Waals surface area contributed by atoms with Crippen molar-refractivity contribution >= 4 is 17.3 Å². The van der Waals surface area contributed by atoms with Gasteiger partial charge in [0.1, 0.15) is 0 Å². The maximum absolute atomic E-state index is 4.34. The van der Waals surface area contributed by atoms with Crippen LogP contribution in [0, 0.1) is 6.92 Å². The molecule has 0 aliphatic carbocycles. The molecule has 2 rings (SSSR count). The molecule has 4 nitrogen and oxygen atoms in total. The van der Waals surface area contributed by atoms with Crippen molar-refractivity contribution in [3.05, 3.63) is 52.0 Å². The van der Waals surface area contributed by atoms with Crippen molar-refractivity contribution in [3.63, 3.8) is 0 Å². The van der Waals surface area contributed by atoms with E-state index < -0.39 is 0 Å². The van der Waals surface area contributed by atoms with E-state index in [-0.39, 0.29) is 0 Å². The summed E-state index contributed by atoms with van der Waals surface area (Å²) in [6, 6.07) is 4.23. The second-order valence-corrected chi connectivity index (χ2v) is 5.79. The second kappa shape index (κ2) is 7.78. The van der Waals surface area contributed by atoms with Gasteiger partial charge in [0, 0.05) is 39.6 Å². The van der Waals surface area contributed by atoms with Crippen molar-refractivity contribution in [2.24, 2.45) is 4.99 Å². The zero-order valence-corrected chi connectivity index (χ0v) is 13.7. The average molecular weight is 302 g/mol. The predicted octanol–water partition coefficient (Wildman–Crippen LogP) is 2.70. The number of thiophene rings is 1. The Morgan fingerprint density at radius 3 is 2.95 bits per heavy atom. The Kier molecular flexibility index (Phi) is 5.75. The number of aliphatic imine (C=N–C) groups is 1. The lowest BCUT2D eigenvalue weighted by molar-refractivity contribution is 0.478. The summed E-state index contributed by atoms with van der Waals surface area (Å²) in [6.45, 7) is 3.84. The Morgan fingerprint density at radius 2 is 2.29 bits per heavy atom. The lowest BCUT2D eigenvalue weighted by Crippen LogP contribution is -2.39. The molecule has 0 aromatic carbocycles. The fraction of sp³-hybridized carbons (Fsp3) is 0.375. The molecule has 0 unspecified atom stereocenters. The third-order valence-electron chi connectivity index (χ3n) is 3.39. The minimum Gasteiger partial charge on any atom is -0.356 e. The van der Waals surface area contributed by atoms with E-state index >= 15 is 0 Å². The number of hydrogen-bond acceptors (Lipinski definition) is 3. The Balaban J connectivity index is 1.84. The first-order valence-electron chi connectivity index (χ1n) is 7.03. The lowest BCUT2D eigenvalue weighted by Gasteiger charge is -2.21. The van der Waals surface area contributed by atoms with Crippen LogP contribution in [0.4, 0.5) is 0 Å². The van der Waals surface area contributed by atoms with Gasteiger partial charge in [0.15, 0.2) is 5.96 Å². The maximum Gasteiger partial charge on any atom is 0.193 e. The second-order valence-electron chi connectivity index (χ2n) is 5.01. The van der Waals surface area contributed by atoms with Gasteiger partial charge in [0.05, 0.1) is 0 Å². The number of pyridine rings is 1. The molecule has 0 aliphatic heterocycles. The Bertz CT molecular complexity index is 578. The smallest absolute Gasteiger partial charge is 0.193 e. The van der Waals surface area contributed by atoms with Crippen LogP contribution in [0.5, 0.6) is 0 Å². The van der Waals surface area contributed by atoms with E-state index in [1.54, 1.807) is 11.3 Å². The highest BCUT2D eigenvalue weighted by atomic mass is 32.1. The molecular weight excluding hydrogens is 280 g/mol. The minimum absolute atomic E-state index is 0.867. The molecule has 21 heavy (non-hydrogen) atoms. The van der Waals surface area contributed by atoms with Crippen LogP contribution in [0.3, 0.4) is 0 Å². The summed E-state index contributed by atoms with van der Waals surface area (Å²) in [5, 5.41) is 7.69. The van der Waals surface area contributed by atoms with E-state index in [1.165, 1.54) is 16.7 Å². The quantitative estimate of drug-likeness (QED) is 0.682. The Morgan fingerprint density at radius 1 is 1.43 bits per heavy atom. The summed E-state index contributed by atoms with van der Waals surface area (Å²) >= 11 is 1.72. The summed E-state index contributed by atoms with van der Waals surface area (Å²) in [7, 11) is 3.88. The zero-order valence-electron chi connectivity index (χ0n) is 12.8. The van der Waals surface area contributed by atoms with Gasteiger partial charge in [-0.15, -0.1) is 0 Å². The molecule has 0 saturated carbocycles. The highest BCUT2D eigenvalue weighted by molar-refractivity contribution is 7.07. The maximum atomic E-state index is 4.34. The van der Waals surface area contributed by atoms with Gasteiger partial charge < -0.3 is 10.2 Å². The highest BCUT2D eigenvalue weighted by Crippen LogP contribution is 2.08. The number of nitrogens with zero attached hydrogens (tertiary/aromatic N) is 3. The third kappa shape index (κ3) is 4.56. The number of rotatable bonds is 5. The topological polar surface area (TPSA) is 40.5 Å². The van der Waals surface area contributed by atoms with Gasteiger partial charge in [-0.1, -0.05) is 0 Å². The van der Waals surface area contributed by atoms with Crippen LogP contribution in [0.1, 0.15) is 16.7 Å². The molecule has 2 aromatic rings. The van der Waals surface area contributed by atoms with Crippen molar-refractivity contribution in [2.75, 3.05) is 20.6 Å². The zero-order chi connectivity index (χ0) is 15.1. The normalized spacial score (nSPS) is 11.5. The van der Waals surface area contributed by atoms with Crippen molar-refractivity contribution in [1.29, 1.82) is 0 Å². The van der Waals surface area contributed by atoms with E-state index in [0.29, 0.717) is 0 Å². The number of guanidine groups is 1.